The third-order valence-electron chi connectivity index (χ3n) is 3.71. The first-order valence-electron chi connectivity index (χ1n) is 7.40. The highest BCUT2D eigenvalue weighted by atomic mass is 16.6. The standard InChI is InChI=1S/C15H27NO5/c1-14(2,3)21-13(19)16-9-8-15(11-16,12(17)18)7-5-6-10-20-4/h5-11H2,1-4H3,(H,17,18). The van der Waals surface area contributed by atoms with E-state index >= 15 is 0 Å². The molecule has 0 spiro atoms. The Bertz CT molecular complexity index is 377. The van der Waals surface area contributed by atoms with Gasteiger partial charge in [0.2, 0.25) is 0 Å². The lowest BCUT2D eigenvalue weighted by atomic mass is 9.82. The number of carboxylic acid groups (broad SMARTS) is 1. The second-order valence-corrected chi connectivity index (χ2v) is 6.69. The van der Waals surface area contributed by atoms with Crippen molar-refractivity contribution < 1.29 is 24.2 Å². The molecule has 0 radical (unpaired) electrons. The Morgan fingerprint density at radius 2 is 1.95 bits per heavy atom. The number of hydrogen-bond donors (Lipinski definition) is 1. The molecule has 6 nitrogen and oxygen atoms in total. The summed E-state index contributed by atoms with van der Waals surface area (Å²) in [6.07, 6.45) is 2.22. The predicted octanol–water partition coefficient (Wildman–Crippen LogP) is 2.51. The molecule has 0 bridgehead atoms. The summed E-state index contributed by atoms with van der Waals surface area (Å²) in [7, 11) is 1.63. The molecule has 1 N–H and O–H groups in total. The lowest BCUT2D eigenvalue weighted by molar-refractivity contribution is -0.148. The van der Waals surface area contributed by atoms with E-state index in [0.717, 1.165) is 12.8 Å². The molecule has 1 amide bonds. The number of likely N-dealkylation sites (tertiary alicyclic amines) is 1. The van der Waals surface area contributed by atoms with Crippen LogP contribution in [0.2, 0.25) is 0 Å². The number of carbonyl (C=O) groups excluding carboxylic acids is 1. The van der Waals surface area contributed by atoms with E-state index in [0.29, 0.717) is 26.0 Å². The van der Waals surface area contributed by atoms with Gasteiger partial charge in [-0.05, 0) is 46.5 Å². The van der Waals surface area contributed by atoms with Crippen molar-refractivity contribution in [2.24, 2.45) is 5.41 Å². The first kappa shape index (κ1) is 17.8. The van der Waals surface area contributed by atoms with E-state index in [1.165, 1.54) is 4.90 Å². The van der Waals surface area contributed by atoms with Crippen molar-refractivity contribution >= 4 is 12.1 Å². The Kier molecular flexibility index (Phi) is 6.01. The smallest absolute Gasteiger partial charge is 0.410 e. The van der Waals surface area contributed by atoms with Gasteiger partial charge >= 0.3 is 12.1 Å². The Morgan fingerprint density at radius 3 is 2.48 bits per heavy atom. The maximum absolute atomic E-state index is 12.0. The fraction of sp³-hybridized carbons (Fsp3) is 0.867. The van der Waals surface area contributed by atoms with Crippen molar-refractivity contribution in [2.75, 3.05) is 26.8 Å². The Balaban J connectivity index is 2.60. The van der Waals surface area contributed by atoms with Crippen LogP contribution in [0.1, 0.15) is 46.5 Å². The van der Waals surface area contributed by atoms with Crippen molar-refractivity contribution in [1.82, 2.24) is 4.90 Å². The average Bonchev–Trinajstić information content (AvgIpc) is 2.78. The SMILES string of the molecule is COCCCCC1(C(=O)O)CCN(C(=O)OC(C)(C)C)C1. The molecular formula is C15H27NO5. The molecule has 1 unspecified atom stereocenters. The number of methoxy groups -OCH3 is 1. The van der Waals surface area contributed by atoms with E-state index in [2.05, 4.69) is 0 Å². The molecule has 1 atom stereocenters. The summed E-state index contributed by atoms with van der Waals surface area (Å²) in [6.45, 7) is 6.70. The van der Waals surface area contributed by atoms with Crippen molar-refractivity contribution in [3.63, 3.8) is 0 Å². The largest absolute Gasteiger partial charge is 0.481 e. The number of unbranched alkanes of at least 4 members (excludes halogenated alkanes) is 1. The lowest BCUT2D eigenvalue weighted by Crippen LogP contribution is -2.39. The van der Waals surface area contributed by atoms with E-state index in [-0.39, 0.29) is 6.54 Å². The predicted molar refractivity (Wildman–Crippen MR) is 78.2 cm³/mol. The van der Waals surface area contributed by atoms with Gasteiger partial charge in [-0.2, -0.15) is 0 Å². The van der Waals surface area contributed by atoms with Gasteiger partial charge in [-0.15, -0.1) is 0 Å². The molecule has 21 heavy (non-hydrogen) atoms. The minimum Gasteiger partial charge on any atom is -0.481 e. The van der Waals surface area contributed by atoms with E-state index in [9.17, 15) is 14.7 Å². The molecule has 122 valence electrons. The van der Waals surface area contributed by atoms with Crippen LogP contribution in [0.15, 0.2) is 0 Å². The molecular weight excluding hydrogens is 274 g/mol. The zero-order valence-corrected chi connectivity index (χ0v) is 13.5. The summed E-state index contributed by atoms with van der Waals surface area (Å²) in [5.41, 5.74) is -1.41. The van der Waals surface area contributed by atoms with Gasteiger partial charge in [-0.25, -0.2) is 4.79 Å². The van der Waals surface area contributed by atoms with Gasteiger partial charge < -0.3 is 19.5 Å². The molecule has 1 rings (SSSR count). The highest BCUT2D eigenvalue weighted by Gasteiger charge is 2.46. The summed E-state index contributed by atoms with van der Waals surface area (Å²) in [6, 6.07) is 0. The molecule has 1 heterocycles. The highest BCUT2D eigenvalue weighted by molar-refractivity contribution is 5.78. The number of carbonyl (C=O) groups is 2. The second kappa shape index (κ2) is 7.11. The summed E-state index contributed by atoms with van der Waals surface area (Å²) in [4.78, 5) is 25.2. The van der Waals surface area contributed by atoms with Crippen LogP contribution in [0.3, 0.4) is 0 Å². The zero-order valence-electron chi connectivity index (χ0n) is 13.5. The lowest BCUT2D eigenvalue weighted by Gasteiger charge is -2.27. The van der Waals surface area contributed by atoms with Crippen molar-refractivity contribution in [2.45, 2.75) is 52.1 Å². The van der Waals surface area contributed by atoms with Crippen LogP contribution in [0, 0.1) is 5.41 Å². The molecule has 1 saturated heterocycles. The van der Waals surface area contributed by atoms with Crippen molar-refractivity contribution in [3.05, 3.63) is 0 Å². The Labute approximate surface area is 126 Å². The number of carboxylic acids is 1. The van der Waals surface area contributed by atoms with E-state index < -0.39 is 23.1 Å². The molecule has 0 aromatic carbocycles. The second-order valence-electron chi connectivity index (χ2n) is 6.69. The van der Waals surface area contributed by atoms with Crippen LogP contribution in [0.5, 0.6) is 0 Å². The van der Waals surface area contributed by atoms with Gasteiger partial charge in [0, 0.05) is 26.8 Å². The Hall–Kier alpha value is -1.30. The number of rotatable bonds is 6. The average molecular weight is 301 g/mol. The number of hydrogen-bond acceptors (Lipinski definition) is 4. The van der Waals surface area contributed by atoms with E-state index in [1.54, 1.807) is 27.9 Å². The molecule has 1 aliphatic rings. The molecule has 0 saturated carbocycles. The maximum atomic E-state index is 12.0. The molecule has 0 aromatic heterocycles. The first-order valence-corrected chi connectivity index (χ1v) is 7.40. The van der Waals surface area contributed by atoms with E-state index in [4.69, 9.17) is 9.47 Å². The molecule has 1 fully saturated rings. The minimum atomic E-state index is -0.843. The normalized spacial score (nSPS) is 22.4. The van der Waals surface area contributed by atoms with Gasteiger partial charge in [-0.1, -0.05) is 0 Å². The Morgan fingerprint density at radius 1 is 1.29 bits per heavy atom. The van der Waals surface area contributed by atoms with Crippen LogP contribution in [-0.4, -0.2) is 54.5 Å². The summed E-state index contributed by atoms with van der Waals surface area (Å²) >= 11 is 0. The molecule has 1 aliphatic heterocycles. The van der Waals surface area contributed by atoms with Crippen molar-refractivity contribution in [3.8, 4) is 0 Å². The van der Waals surface area contributed by atoms with Crippen molar-refractivity contribution in [1.29, 1.82) is 0 Å². The highest BCUT2D eigenvalue weighted by Crippen LogP contribution is 2.36. The molecule has 6 heteroatoms. The fourth-order valence-corrected chi connectivity index (χ4v) is 2.55. The van der Waals surface area contributed by atoms with Gasteiger partial charge in [0.05, 0.1) is 5.41 Å². The fourth-order valence-electron chi connectivity index (χ4n) is 2.55. The van der Waals surface area contributed by atoms with Gasteiger partial charge in [0.1, 0.15) is 5.60 Å². The number of nitrogens with zero attached hydrogens (tertiary/aromatic N) is 1. The summed E-state index contributed by atoms with van der Waals surface area (Å²) < 4.78 is 10.3. The van der Waals surface area contributed by atoms with Gasteiger partial charge in [0.15, 0.2) is 0 Å². The maximum Gasteiger partial charge on any atom is 0.410 e. The third-order valence-corrected chi connectivity index (χ3v) is 3.71. The number of ether oxygens (including phenoxy) is 2. The van der Waals surface area contributed by atoms with Gasteiger partial charge in [0.25, 0.3) is 0 Å². The number of aliphatic carboxylic acids is 1. The minimum absolute atomic E-state index is 0.226. The van der Waals surface area contributed by atoms with Crippen LogP contribution in [0.4, 0.5) is 4.79 Å². The van der Waals surface area contributed by atoms with Crippen LogP contribution in [0.25, 0.3) is 0 Å². The van der Waals surface area contributed by atoms with Gasteiger partial charge in [-0.3, -0.25) is 4.79 Å². The first-order chi connectivity index (χ1) is 9.70. The summed E-state index contributed by atoms with van der Waals surface area (Å²) in [5, 5.41) is 9.54. The molecule has 0 aromatic rings. The topological polar surface area (TPSA) is 76.1 Å². The van der Waals surface area contributed by atoms with Crippen LogP contribution in [-0.2, 0) is 14.3 Å². The van der Waals surface area contributed by atoms with E-state index in [1.807, 2.05) is 0 Å². The van der Waals surface area contributed by atoms with Crippen LogP contribution >= 0.6 is 0 Å². The monoisotopic (exact) mass is 301 g/mol. The van der Waals surface area contributed by atoms with Crippen LogP contribution < -0.4 is 0 Å². The third kappa shape index (κ3) is 5.19. The summed E-state index contributed by atoms with van der Waals surface area (Å²) in [5.74, 6) is -0.828. The zero-order chi connectivity index (χ0) is 16.1. The quantitative estimate of drug-likeness (QED) is 0.763. The number of amides is 1. The molecule has 0 aliphatic carbocycles.